The molecule has 0 unspecified atom stereocenters. The number of hydrogen-bond acceptors (Lipinski definition) is 4. The second kappa shape index (κ2) is 9.74. The van der Waals surface area contributed by atoms with Crippen LogP contribution in [0.2, 0.25) is 5.02 Å². The SMILES string of the molecule is Cc1ccc2[nH]c(-c3cc(N4CCC[C@H](C(=O)NCCN5CCCC5)C4)ccc3Cl)nc2c1. The lowest BCUT2D eigenvalue weighted by molar-refractivity contribution is -0.125. The molecule has 3 heterocycles. The zero-order chi connectivity index (χ0) is 22.8. The molecule has 2 aromatic carbocycles. The number of piperidine rings is 1. The van der Waals surface area contributed by atoms with E-state index in [0.717, 1.165) is 80.2 Å². The third-order valence-electron chi connectivity index (χ3n) is 6.93. The molecule has 0 saturated carbocycles. The van der Waals surface area contributed by atoms with Crippen molar-refractivity contribution in [3.8, 4) is 11.4 Å². The highest BCUT2D eigenvalue weighted by Crippen LogP contribution is 2.33. The van der Waals surface area contributed by atoms with Gasteiger partial charge in [0.15, 0.2) is 0 Å². The van der Waals surface area contributed by atoms with Crippen molar-refractivity contribution < 1.29 is 4.79 Å². The van der Waals surface area contributed by atoms with Crippen LogP contribution in [-0.4, -0.2) is 60.0 Å². The van der Waals surface area contributed by atoms with Crippen LogP contribution in [-0.2, 0) is 4.79 Å². The molecule has 1 atom stereocenters. The second-order valence-corrected chi connectivity index (χ2v) is 9.80. The van der Waals surface area contributed by atoms with Crippen LogP contribution in [0.15, 0.2) is 36.4 Å². The number of H-pyrrole nitrogens is 1. The van der Waals surface area contributed by atoms with Gasteiger partial charge < -0.3 is 20.1 Å². The van der Waals surface area contributed by atoms with Gasteiger partial charge in [0.05, 0.1) is 22.0 Å². The van der Waals surface area contributed by atoms with Gasteiger partial charge in [-0.1, -0.05) is 17.7 Å². The Labute approximate surface area is 200 Å². The zero-order valence-corrected chi connectivity index (χ0v) is 20.0. The predicted molar refractivity (Wildman–Crippen MR) is 135 cm³/mol. The van der Waals surface area contributed by atoms with E-state index < -0.39 is 0 Å². The van der Waals surface area contributed by atoms with Gasteiger partial charge in [0.1, 0.15) is 5.82 Å². The summed E-state index contributed by atoms with van der Waals surface area (Å²) in [5.41, 5.74) is 5.09. The monoisotopic (exact) mass is 465 g/mol. The third kappa shape index (κ3) is 5.02. The van der Waals surface area contributed by atoms with Gasteiger partial charge in [-0.25, -0.2) is 4.98 Å². The van der Waals surface area contributed by atoms with E-state index >= 15 is 0 Å². The summed E-state index contributed by atoms with van der Waals surface area (Å²) < 4.78 is 0. The third-order valence-corrected chi connectivity index (χ3v) is 7.26. The molecule has 174 valence electrons. The minimum Gasteiger partial charge on any atom is -0.371 e. The maximum absolute atomic E-state index is 12.8. The highest BCUT2D eigenvalue weighted by atomic mass is 35.5. The fraction of sp³-hybridized carbons (Fsp3) is 0.462. The summed E-state index contributed by atoms with van der Waals surface area (Å²) in [6, 6.07) is 12.3. The average Bonchev–Trinajstić information content (AvgIpc) is 3.49. The Hall–Kier alpha value is -2.57. The highest BCUT2D eigenvalue weighted by Gasteiger charge is 2.26. The fourth-order valence-electron chi connectivity index (χ4n) is 5.05. The molecule has 0 spiro atoms. The molecule has 2 aliphatic rings. The molecule has 2 saturated heterocycles. The molecule has 7 heteroatoms. The van der Waals surface area contributed by atoms with E-state index in [1.165, 1.54) is 18.4 Å². The maximum Gasteiger partial charge on any atom is 0.224 e. The van der Waals surface area contributed by atoms with Crippen LogP contribution < -0.4 is 10.2 Å². The number of aromatic amines is 1. The minimum atomic E-state index is 0.0191. The van der Waals surface area contributed by atoms with Gasteiger partial charge in [-0.3, -0.25) is 4.79 Å². The van der Waals surface area contributed by atoms with E-state index in [9.17, 15) is 4.79 Å². The van der Waals surface area contributed by atoms with Crippen molar-refractivity contribution in [1.82, 2.24) is 20.2 Å². The number of rotatable bonds is 6. The van der Waals surface area contributed by atoms with Crippen LogP contribution in [0, 0.1) is 12.8 Å². The summed E-state index contributed by atoms with van der Waals surface area (Å²) >= 11 is 6.57. The molecule has 1 aromatic heterocycles. The number of nitrogens with zero attached hydrogens (tertiary/aromatic N) is 3. The van der Waals surface area contributed by atoms with Crippen molar-refractivity contribution in [2.75, 3.05) is 44.2 Å². The minimum absolute atomic E-state index is 0.0191. The number of carbonyl (C=O) groups is 1. The van der Waals surface area contributed by atoms with Crippen molar-refractivity contribution in [1.29, 1.82) is 0 Å². The van der Waals surface area contributed by atoms with Crippen LogP contribution in [0.25, 0.3) is 22.4 Å². The summed E-state index contributed by atoms with van der Waals surface area (Å²) in [7, 11) is 0. The summed E-state index contributed by atoms with van der Waals surface area (Å²) in [6.45, 7) is 7.77. The molecule has 0 bridgehead atoms. The number of anilines is 1. The first-order valence-corrected chi connectivity index (χ1v) is 12.5. The van der Waals surface area contributed by atoms with Crippen molar-refractivity contribution in [2.24, 2.45) is 5.92 Å². The Bertz CT molecular complexity index is 1140. The van der Waals surface area contributed by atoms with E-state index in [2.05, 4.69) is 51.3 Å². The van der Waals surface area contributed by atoms with E-state index in [1.54, 1.807) is 0 Å². The molecule has 2 aliphatic heterocycles. The van der Waals surface area contributed by atoms with E-state index in [1.807, 2.05) is 12.1 Å². The molecule has 1 amide bonds. The van der Waals surface area contributed by atoms with Crippen molar-refractivity contribution in [2.45, 2.75) is 32.6 Å². The van der Waals surface area contributed by atoms with Gasteiger partial charge in [-0.15, -0.1) is 0 Å². The molecule has 6 nitrogen and oxygen atoms in total. The van der Waals surface area contributed by atoms with Crippen LogP contribution in [0.3, 0.4) is 0 Å². The van der Waals surface area contributed by atoms with Crippen molar-refractivity contribution in [3.63, 3.8) is 0 Å². The highest BCUT2D eigenvalue weighted by molar-refractivity contribution is 6.33. The van der Waals surface area contributed by atoms with Crippen molar-refractivity contribution >= 4 is 34.2 Å². The van der Waals surface area contributed by atoms with Gasteiger partial charge in [0, 0.05) is 37.4 Å². The second-order valence-electron chi connectivity index (χ2n) is 9.40. The molecule has 2 N–H and O–H groups in total. The smallest absolute Gasteiger partial charge is 0.224 e. The van der Waals surface area contributed by atoms with Crippen molar-refractivity contribution in [3.05, 3.63) is 47.0 Å². The number of carbonyl (C=O) groups excluding carboxylic acids is 1. The number of aromatic nitrogens is 2. The van der Waals surface area contributed by atoms with E-state index in [4.69, 9.17) is 16.6 Å². The topological polar surface area (TPSA) is 64.3 Å². The largest absolute Gasteiger partial charge is 0.371 e. The van der Waals surface area contributed by atoms with Gasteiger partial charge in [0.25, 0.3) is 0 Å². The Balaban J connectivity index is 1.28. The molecule has 2 fully saturated rings. The number of aryl methyl sites for hydroxylation is 1. The van der Waals surface area contributed by atoms with Crippen LogP contribution in [0.5, 0.6) is 0 Å². The number of likely N-dealkylation sites (tertiary alicyclic amines) is 1. The first-order chi connectivity index (χ1) is 16.1. The first kappa shape index (κ1) is 22.2. The number of imidazole rings is 1. The Kier molecular flexibility index (Phi) is 6.56. The Morgan fingerprint density at radius 1 is 1.15 bits per heavy atom. The molecule has 5 rings (SSSR count). The van der Waals surface area contributed by atoms with Crippen LogP contribution >= 0.6 is 11.6 Å². The Morgan fingerprint density at radius 3 is 2.85 bits per heavy atom. The fourth-order valence-corrected chi connectivity index (χ4v) is 5.26. The molecule has 33 heavy (non-hydrogen) atoms. The van der Waals surface area contributed by atoms with Crippen LogP contribution in [0.4, 0.5) is 5.69 Å². The molecular formula is C26H32ClN5O. The van der Waals surface area contributed by atoms with Gasteiger partial charge in [-0.05, 0) is 81.6 Å². The average molecular weight is 466 g/mol. The number of halogens is 1. The molecule has 0 radical (unpaired) electrons. The van der Waals surface area contributed by atoms with Crippen LogP contribution in [0.1, 0.15) is 31.2 Å². The maximum atomic E-state index is 12.8. The number of benzene rings is 2. The number of fused-ring (bicyclic) bond motifs is 1. The number of hydrogen-bond donors (Lipinski definition) is 2. The normalized spacial score (nSPS) is 19.3. The first-order valence-electron chi connectivity index (χ1n) is 12.1. The van der Waals surface area contributed by atoms with Gasteiger partial charge in [0.2, 0.25) is 5.91 Å². The Morgan fingerprint density at radius 2 is 2.00 bits per heavy atom. The predicted octanol–water partition coefficient (Wildman–Crippen LogP) is 4.62. The van der Waals surface area contributed by atoms with E-state index in [-0.39, 0.29) is 11.8 Å². The van der Waals surface area contributed by atoms with Gasteiger partial charge in [-0.2, -0.15) is 0 Å². The standard InChI is InChI=1S/C26H32ClN5O/c1-18-6-9-23-24(15-18)30-25(29-23)21-16-20(7-8-22(21)27)32-13-4-5-19(17-32)26(33)28-10-14-31-11-2-3-12-31/h6-9,15-16,19H,2-5,10-14,17H2,1H3,(H,28,33)(H,29,30)/t19-/m0/s1. The lowest BCUT2D eigenvalue weighted by Gasteiger charge is -2.34. The number of amides is 1. The quantitative estimate of drug-likeness (QED) is 0.557. The molecule has 0 aliphatic carbocycles. The summed E-state index contributed by atoms with van der Waals surface area (Å²) in [5.74, 6) is 0.974. The summed E-state index contributed by atoms with van der Waals surface area (Å²) in [5, 5.41) is 3.84. The van der Waals surface area contributed by atoms with Gasteiger partial charge >= 0.3 is 0 Å². The summed E-state index contributed by atoms with van der Waals surface area (Å²) in [6.07, 6.45) is 4.51. The van der Waals surface area contributed by atoms with E-state index in [0.29, 0.717) is 5.02 Å². The summed E-state index contributed by atoms with van der Waals surface area (Å²) in [4.78, 5) is 25.7. The lowest BCUT2D eigenvalue weighted by Crippen LogP contribution is -2.44. The lowest BCUT2D eigenvalue weighted by atomic mass is 9.96. The zero-order valence-electron chi connectivity index (χ0n) is 19.2. The number of nitrogens with one attached hydrogen (secondary N) is 2. The molecule has 3 aromatic rings. The molecular weight excluding hydrogens is 434 g/mol.